The molecule has 0 unspecified atom stereocenters. The number of thioether (sulfide) groups is 1. The predicted octanol–water partition coefficient (Wildman–Crippen LogP) is 3.43. The highest BCUT2D eigenvalue weighted by molar-refractivity contribution is 8.00. The van der Waals surface area contributed by atoms with Crippen LogP contribution in [0, 0.1) is 5.92 Å². The summed E-state index contributed by atoms with van der Waals surface area (Å²) in [5, 5.41) is 9.83. The molecule has 1 aliphatic heterocycles. The van der Waals surface area contributed by atoms with Gasteiger partial charge in [0.25, 0.3) is 0 Å². The lowest BCUT2D eigenvalue weighted by atomic mass is 9.87. The van der Waals surface area contributed by atoms with E-state index in [1.165, 1.54) is 18.2 Å². The molecule has 0 amide bonds. The highest BCUT2D eigenvalue weighted by Gasteiger charge is 2.30. The number of halogens is 3. The van der Waals surface area contributed by atoms with Gasteiger partial charge in [-0.15, -0.1) is 0 Å². The molecule has 1 saturated heterocycles. The smallest absolute Gasteiger partial charge is 0.446 e. The molecule has 1 fully saturated rings. The molecule has 1 aromatic carbocycles. The van der Waals surface area contributed by atoms with Crippen LogP contribution in [0.15, 0.2) is 23.1 Å². The van der Waals surface area contributed by atoms with Crippen molar-refractivity contribution in [1.29, 1.82) is 0 Å². The molecule has 0 saturated carbocycles. The quantitative estimate of drug-likeness (QED) is 0.840. The third kappa shape index (κ3) is 4.04. The minimum Gasteiger partial charge on any atom is -0.508 e. The Balaban J connectivity index is 2.18. The van der Waals surface area contributed by atoms with Crippen LogP contribution in [-0.4, -0.2) is 23.8 Å². The maximum Gasteiger partial charge on any atom is 0.446 e. The maximum absolute atomic E-state index is 12.4. The van der Waals surface area contributed by atoms with Crippen molar-refractivity contribution in [3.05, 3.63) is 23.8 Å². The van der Waals surface area contributed by atoms with E-state index in [4.69, 9.17) is 10.5 Å². The largest absolute Gasteiger partial charge is 0.508 e. The second-order valence-electron chi connectivity index (χ2n) is 4.74. The number of phenolic OH excluding ortho intramolecular Hbond substituents is 1. The first-order chi connectivity index (χ1) is 9.37. The van der Waals surface area contributed by atoms with Crippen molar-refractivity contribution < 1.29 is 23.0 Å². The van der Waals surface area contributed by atoms with E-state index >= 15 is 0 Å². The van der Waals surface area contributed by atoms with Gasteiger partial charge >= 0.3 is 5.51 Å². The normalized spacial score (nSPS) is 19.0. The zero-order valence-electron chi connectivity index (χ0n) is 10.7. The van der Waals surface area contributed by atoms with Crippen molar-refractivity contribution in [2.24, 2.45) is 11.7 Å². The number of hydrogen-bond acceptors (Lipinski definition) is 4. The lowest BCUT2D eigenvalue weighted by molar-refractivity contribution is -0.0328. The molecule has 0 spiro atoms. The summed E-state index contributed by atoms with van der Waals surface area (Å²) >= 11 is -0.204. The SMILES string of the molecule is N[C@H](c1cc(SC(F)(F)F)ccc1O)C1CCOCC1. The molecule has 1 aromatic rings. The summed E-state index contributed by atoms with van der Waals surface area (Å²) in [4.78, 5) is 0.0350. The highest BCUT2D eigenvalue weighted by Crippen LogP contribution is 2.40. The second kappa shape index (κ2) is 6.24. The van der Waals surface area contributed by atoms with Crippen LogP contribution in [-0.2, 0) is 4.74 Å². The molecule has 20 heavy (non-hydrogen) atoms. The Labute approximate surface area is 119 Å². The molecular weight excluding hydrogens is 291 g/mol. The van der Waals surface area contributed by atoms with Crippen LogP contribution in [0.2, 0.25) is 0 Å². The number of phenols is 1. The molecule has 0 bridgehead atoms. The lowest BCUT2D eigenvalue weighted by Gasteiger charge is -2.28. The van der Waals surface area contributed by atoms with Crippen molar-refractivity contribution in [2.45, 2.75) is 29.3 Å². The van der Waals surface area contributed by atoms with Crippen LogP contribution in [0.4, 0.5) is 13.2 Å². The van der Waals surface area contributed by atoms with Crippen LogP contribution >= 0.6 is 11.8 Å². The minimum absolute atomic E-state index is 0.0350. The number of ether oxygens (including phenoxy) is 1. The van der Waals surface area contributed by atoms with Gasteiger partial charge in [0.05, 0.1) is 0 Å². The van der Waals surface area contributed by atoms with E-state index in [9.17, 15) is 18.3 Å². The molecule has 7 heteroatoms. The molecule has 1 atom stereocenters. The number of nitrogens with two attached hydrogens (primary N) is 1. The Morgan fingerprint density at radius 3 is 2.55 bits per heavy atom. The fraction of sp³-hybridized carbons (Fsp3) is 0.538. The first kappa shape index (κ1) is 15.5. The summed E-state index contributed by atoms with van der Waals surface area (Å²) in [6, 6.07) is 3.36. The van der Waals surface area contributed by atoms with Gasteiger partial charge in [-0.25, -0.2) is 0 Å². The number of rotatable bonds is 3. The summed E-state index contributed by atoms with van der Waals surface area (Å²) in [6.45, 7) is 1.19. The molecule has 3 N–H and O–H groups in total. The molecule has 0 radical (unpaired) electrons. The van der Waals surface area contributed by atoms with E-state index in [2.05, 4.69) is 0 Å². The standard InChI is InChI=1S/C13H16F3NO2S/c14-13(15,16)20-9-1-2-11(18)10(7-9)12(17)8-3-5-19-6-4-8/h1-2,7-8,12,18H,3-6,17H2/t12-/m0/s1. The third-order valence-electron chi connectivity index (χ3n) is 3.37. The summed E-state index contributed by atoms with van der Waals surface area (Å²) in [5.74, 6) is 0.0521. The molecule has 3 nitrogen and oxygen atoms in total. The fourth-order valence-corrected chi connectivity index (χ4v) is 2.91. The number of aromatic hydroxyl groups is 1. The third-order valence-corrected chi connectivity index (χ3v) is 4.09. The zero-order valence-corrected chi connectivity index (χ0v) is 11.5. The van der Waals surface area contributed by atoms with Crippen LogP contribution in [0.25, 0.3) is 0 Å². The van der Waals surface area contributed by atoms with Gasteiger partial charge in [0.15, 0.2) is 0 Å². The van der Waals surface area contributed by atoms with Crippen molar-refractivity contribution in [3.8, 4) is 5.75 Å². The van der Waals surface area contributed by atoms with Gasteiger partial charge in [0.1, 0.15) is 5.75 Å². The number of alkyl halides is 3. The molecule has 0 aromatic heterocycles. The topological polar surface area (TPSA) is 55.5 Å². The van der Waals surface area contributed by atoms with Gasteiger partial charge in [-0.3, -0.25) is 0 Å². The average Bonchev–Trinajstić information content (AvgIpc) is 2.40. The lowest BCUT2D eigenvalue weighted by Crippen LogP contribution is -2.27. The van der Waals surface area contributed by atoms with E-state index in [0.29, 0.717) is 18.8 Å². The van der Waals surface area contributed by atoms with E-state index in [1.54, 1.807) is 0 Å². The molecule has 112 valence electrons. The maximum atomic E-state index is 12.4. The van der Waals surface area contributed by atoms with Gasteiger partial charge in [-0.1, -0.05) is 0 Å². The second-order valence-corrected chi connectivity index (χ2v) is 5.88. The first-order valence-corrected chi connectivity index (χ1v) is 7.10. The van der Waals surface area contributed by atoms with Gasteiger partial charge < -0.3 is 15.6 Å². The zero-order chi connectivity index (χ0) is 14.8. The Morgan fingerprint density at radius 1 is 1.30 bits per heavy atom. The van der Waals surface area contributed by atoms with E-state index in [1.807, 2.05) is 0 Å². The summed E-state index contributed by atoms with van der Waals surface area (Å²) < 4.78 is 42.4. The van der Waals surface area contributed by atoms with Gasteiger partial charge in [0.2, 0.25) is 0 Å². The van der Waals surface area contributed by atoms with Crippen LogP contribution in [0.5, 0.6) is 5.75 Å². The number of hydrogen-bond donors (Lipinski definition) is 2. The highest BCUT2D eigenvalue weighted by atomic mass is 32.2. The first-order valence-electron chi connectivity index (χ1n) is 6.29. The van der Waals surface area contributed by atoms with Crippen LogP contribution < -0.4 is 5.73 Å². The van der Waals surface area contributed by atoms with Crippen LogP contribution in [0.1, 0.15) is 24.4 Å². The van der Waals surface area contributed by atoms with E-state index in [0.717, 1.165) is 12.8 Å². The molecular formula is C13H16F3NO2S. The molecule has 1 aliphatic rings. The monoisotopic (exact) mass is 307 g/mol. The van der Waals surface area contributed by atoms with Gasteiger partial charge in [0, 0.05) is 29.7 Å². The van der Waals surface area contributed by atoms with Gasteiger partial charge in [-0.2, -0.15) is 13.2 Å². The van der Waals surface area contributed by atoms with Gasteiger partial charge in [-0.05, 0) is 48.7 Å². The van der Waals surface area contributed by atoms with E-state index in [-0.39, 0.29) is 28.3 Å². The molecule has 1 heterocycles. The fourth-order valence-electron chi connectivity index (χ4n) is 2.33. The molecule has 0 aliphatic carbocycles. The summed E-state index contributed by atoms with van der Waals surface area (Å²) in [6.07, 6.45) is 1.49. The number of benzene rings is 1. The van der Waals surface area contributed by atoms with Crippen LogP contribution in [0.3, 0.4) is 0 Å². The van der Waals surface area contributed by atoms with Crippen molar-refractivity contribution in [2.75, 3.05) is 13.2 Å². The Hall–Kier alpha value is -0.920. The average molecular weight is 307 g/mol. The van der Waals surface area contributed by atoms with E-state index < -0.39 is 11.6 Å². The summed E-state index contributed by atoms with van der Waals surface area (Å²) in [5.41, 5.74) is 2.11. The Bertz CT molecular complexity index is 461. The minimum atomic E-state index is -4.35. The Morgan fingerprint density at radius 2 is 1.95 bits per heavy atom. The summed E-state index contributed by atoms with van der Waals surface area (Å²) in [7, 11) is 0. The van der Waals surface area contributed by atoms with Crippen molar-refractivity contribution in [1.82, 2.24) is 0 Å². The molecule has 2 rings (SSSR count). The predicted molar refractivity (Wildman–Crippen MR) is 70.5 cm³/mol. The van der Waals surface area contributed by atoms with Crippen molar-refractivity contribution in [3.63, 3.8) is 0 Å². The van der Waals surface area contributed by atoms with Crippen molar-refractivity contribution >= 4 is 11.8 Å². The Kier molecular flexibility index (Phi) is 4.82.